The molecule has 0 spiro atoms. The van der Waals surface area contributed by atoms with Gasteiger partial charge in [0, 0.05) is 30.9 Å². The largest absolute Gasteiger partial charge is 0.336 e. The van der Waals surface area contributed by atoms with Crippen LogP contribution in [0.2, 0.25) is 0 Å². The van der Waals surface area contributed by atoms with Gasteiger partial charge in [-0.05, 0) is 25.1 Å². The molecule has 26 heavy (non-hydrogen) atoms. The van der Waals surface area contributed by atoms with Gasteiger partial charge in [0.2, 0.25) is 5.43 Å². The number of amides is 1. The molecule has 0 aliphatic rings. The van der Waals surface area contributed by atoms with E-state index in [2.05, 4.69) is 5.10 Å². The summed E-state index contributed by atoms with van der Waals surface area (Å²) in [5, 5.41) is 4.25. The Morgan fingerprint density at radius 3 is 2.46 bits per heavy atom. The number of aryl methyl sites for hydroxylation is 1. The number of halogens is 1. The second-order valence-corrected chi connectivity index (χ2v) is 6.00. The summed E-state index contributed by atoms with van der Waals surface area (Å²) >= 11 is 0. The minimum absolute atomic E-state index is 0.0475. The molecule has 0 fully saturated rings. The second kappa shape index (κ2) is 7.31. The molecule has 1 amide bonds. The van der Waals surface area contributed by atoms with Crippen LogP contribution in [0.4, 0.5) is 4.39 Å². The molecule has 0 saturated carbocycles. The zero-order valence-electron chi connectivity index (χ0n) is 14.5. The molecule has 0 radical (unpaired) electrons. The lowest BCUT2D eigenvalue weighted by Gasteiger charge is -2.18. The molecule has 0 unspecified atom stereocenters. The first-order valence-corrected chi connectivity index (χ1v) is 8.12. The maximum atomic E-state index is 13.8. The van der Waals surface area contributed by atoms with Crippen LogP contribution in [0.1, 0.15) is 21.7 Å². The number of nitrogens with zero attached hydrogens (tertiary/aromatic N) is 3. The average Bonchev–Trinajstić information content (AvgIpc) is 2.64. The van der Waals surface area contributed by atoms with E-state index in [4.69, 9.17) is 0 Å². The van der Waals surface area contributed by atoms with Gasteiger partial charge in [0.1, 0.15) is 5.82 Å². The number of aromatic nitrogens is 2. The highest BCUT2D eigenvalue weighted by molar-refractivity contribution is 5.91. The van der Waals surface area contributed by atoms with Crippen molar-refractivity contribution in [2.24, 2.45) is 0 Å². The fourth-order valence-electron chi connectivity index (χ4n) is 2.66. The Morgan fingerprint density at radius 1 is 1.12 bits per heavy atom. The van der Waals surface area contributed by atoms with E-state index in [9.17, 15) is 14.0 Å². The van der Waals surface area contributed by atoms with Gasteiger partial charge in [-0.1, -0.05) is 36.4 Å². The third-order valence-corrected chi connectivity index (χ3v) is 4.02. The molecule has 3 aromatic rings. The van der Waals surface area contributed by atoms with E-state index in [-0.39, 0.29) is 12.2 Å². The molecule has 0 bridgehead atoms. The molecule has 0 aliphatic carbocycles. The van der Waals surface area contributed by atoms with Gasteiger partial charge in [0.15, 0.2) is 5.69 Å². The van der Waals surface area contributed by atoms with E-state index >= 15 is 0 Å². The predicted molar refractivity (Wildman–Crippen MR) is 96.8 cm³/mol. The van der Waals surface area contributed by atoms with Crippen molar-refractivity contribution in [3.05, 3.63) is 93.7 Å². The Kier molecular flexibility index (Phi) is 4.93. The first-order valence-electron chi connectivity index (χ1n) is 8.12. The fraction of sp³-hybridized carbons (Fsp3) is 0.150. The predicted octanol–water partition coefficient (Wildman–Crippen LogP) is 2.95. The van der Waals surface area contributed by atoms with E-state index < -0.39 is 17.2 Å². The number of para-hydroxylation sites is 1. The summed E-state index contributed by atoms with van der Waals surface area (Å²) in [5.41, 5.74) is 1.09. The topological polar surface area (TPSA) is 55.2 Å². The molecule has 0 aliphatic heterocycles. The lowest BCUT2D eigenvalue weighted by molar-refractivity contribution is 0.0774. The van der Waals surface area contributed by atoms with Gasteiger partial charge in [0.05, 0.1) is 5.69 Å². The summed E-state index contributed by atoms with van der Waals surface area (Å²) in [6, 6.07) is 16.8. The molecule has 0 saturated heterocycles. The Balaban J connectivity index is 1.94. The number of hydrogen-bond acceptors (Lipinski definition) is 3. The Labute approximate surface area is 150 Å². The first kappa shape index (κ1) is 17.5. The van der Waals surface area contributed by atoms with Gasteiger partial charge < -0.3 is 4.90 Å². The molecule has 3 rings (SSSR count). The second-order valence-electron chi connectivity index (χ2n) is 6.00. The normalized spacial score (nSPS) is 10.6. The van der Waals surface area contributed by atoms with E-state index in [0.717, 1.165) is 5.69 Å². The lowest BCUT2D eigenvalue weighted by Crippen LogP contribution is -2.33. The zero-order valence-corrected chi connectivity index (χ0v) is 14.5. The number of hydrogen-bond donors (Lipinski definition) is 0. The number of rotatable bonds is 4. The quantitative estimate of drug-likeness (QED) is 0.726. The van der Waals surface area contributed by atoms with Crippen molar-refractivity contribution >= 4 is 5.91 Å². The van der Waals surface area contributed by atoms with Crippen LogP contribution in [0, 0.1) is 12.7 Å². The van der Waals surface area contributed by atoms with Gasteiger partial charge in [0.25, 0.3) is 5.91 Å². The van der Waals surface area contributed by atoms with Crippen LogP contribution in [0.15, 0.2) is 65.5 Å². The standard InChI is InChI=1S/C20H18FN3O2/c1-14-12-18(25)19(22-24(14)16-9-4-3-5-10-16)20(26)23(2)13-15-8-6-7-11-17(15)21/h3-12H,13H2,1-2H3. The molecular weight excluding hydrogens is 333 g/mol. The minimum atomic E-state index is -0.553. The van der Waals surface area contributed by atoms with Gasteiger partial charge in [-0.3, -0.25) is 9.59 Å². The zero-order chi connectivity index (χ0) is 18.7. The fourth-order valence-corrected chi connectivity index (χ4v) is 2.66. The summed E-state index contributed by atoms with van der Waals surface area (Å²) in [6.07, 6.45) is 0. The van der Waals surface area contributed by atoms with Crippen LogP contribution in [0.25, 0.3) is 5.69 Å². The smallest absolute Gasteiger partial charge is 0.278 e. The van der Waals surface area contributed by atoms with Crippen LogP contribution in [0.5, 0.6) is 0 Å². The summed E-state index contributed by atoms with van der Waals surface area (Å²) in [5.74, 6) is -0.950. The van der Waals surface area contributed by atoms with Gasteiger partial charge in [-0.2, -0.15) is 5.10 Å². The van der Waals surface area contributed by atoms with E-state index in [1.165, 1.54) is 24.1 Å². The SMILES string of the molecule is Cc1cc(=O)c(C(=O)N(C)Cc2ccccc2F)nn1-c1ccccc1. The lowest BCUT2D eigenvalue weighted by atomic mass is 10.2. The average molecular weight is 351 g/mol. The van der Waals surface area contributed by atoms with Crippen molar-refractivity contribution in [3.63, 3.8) is 0 Å². The molecule has 5 nitrogen and oxygen atoms in total. The number of benzene rings is 2. The van der Waals surface area contributed by atoms with Crippen LogP contribution < -0.4 is 5.43 Å². The van der Waals surface area contributed by atoms with Crippen molar-refractivity contribution in [2.75, 3.05) is 7.05 Å². The molecule has 1 aromatic heterocycles. The Hall–Kier alpha value is -3.28. The highest BCUT2D eigenvalue weighted by Crippen LogP contribution is 2.12. The number of carbonyl (C=O) groups is 1. The van der Waals surface area contributed by atoms with E-state index in [1.54, 1.807) is 29.8 Å². The van der Waals surface area contributed by atoms with Gasteiger partial charge >= 0.3 is 0 Å². The van der Waals surface area contributed by atoms with Crippen LogP contribution in [-0.2, 0) is 6.54 Å². The van der Waals surface area contributed by atoms with Crippen LogP contribution >= 0.6 is 0 Å². The van der Waals surface area contributed by atoms with E-state index in [0.29, 0.717) is 11.3 Å². The molecular formula is C20H18FN3O2. The van der Waals surface area contributed by atoms with Gasteiger partial charge in [-0.25, -0.2) is 9.07 Å². The van der Waals surface area contributed by atoms with Crippen molar-refractivity contribution in [1.29, 1.82) is 0 Å². The molecule has 132 valence electrons. The van der Waals surface area contributed by atoms with E-state index in [1.807, 2.05) is 30.3 Å². The summed E-state index contributed by atoms with van der Waals surface area (Å²) in [6.45, 7) is 1.80. The Bertz CT molecular complexity index is 999. The molecule has 2 aromatic carbocycles. The van der Waals surface area contributed by atoms with Crippen molar-refractivity contribution in [1.82, 2.24) is 14.7 Å². The molecule has 1 heterocycles. The van der Waals surface area contributed by atoms with Crippen molar-refractivity contribution in [2.45, 2.75) is 13.5 Å². The molecule has 6 heteroatoms. The summed E-state index contributed by atoms with van der Waals surface area (Å²) in [4.78, 5) is 26.3. The third-order valence-electron chi connectivity index (χ3n) is 4.02. The summed E-state index contributed by atoms with van der Waals surface area (Å²) < 4.78 is 15.4. The maximum Gasteiger partial charge on any atom is 0.278 e. The van der Waals surface area contributed by atoms with Crippen LogP contribution in [-0.4, -0.2) is 27.6 Å². The first-order chi connectivity index (χ1) is 12.5. The van der Waals surface area contributed by atoms with Gasteiger partial charge in [-0.15, -0.1) is 0 Å². The third kappa shape index (κ3) is 3.54. The maximum absolute atomic E-state index is 13.8. The van der Waals surface area contributed by atoms with Crippen LogP contribution in [0.3, 0.4) is 0 Å². The monoisotopic (exact) mass is 351 g/mol. The Morgan fingerprint density at radius 2 is 1.77 bits per heavy atom. The molecule has 0 atom stereocenters. The van der Waals surface area contributed by atoms with Crippen molar-refractivity contribution in [3.8, 4) is 5.69 Å². The number of carbonyl (C=O) groups excluding carboxylic acids is 1. The molecule has 0 N–H and O–H groups in total. The van der Waals surface area contributed by atoms with Crippen molar-refractivity contribution < 1.29 is 9.18 Å². The highest BCUT2D eigenvalue weighted by atomic mass is 19.1. The summed E-state index contributed by atoms with van der Waals surface area (Å²) in [7, 11) is 1.52. The highest BCUT2D eigenvalue weighted by Gasteiger charge is 2.20. The minimum Gasteiger partial charge on any atom is -0.336 e.